The van der Waals surface area contributed by atoms with Crippen molar-refractivity contribution in [2.75, 3.05) is 11.4 Å². The largest absolute Gasteiger partial charge is 0.346 e. The predicted molar refractivity (Wildman–Crippen MR) is 121 cm³/mol. The summed E-state index contributed by atoms with van der Waals surface area (Å²) in [5.74, 6) is -0.241. The van der Waals surface area contributed by atoms with Crippen LogP contribution in [0, 0.1) is 0 Å². The molecule has 0 aromatic heterocycles. The Kier molecular flexibility index (Phi) is 5.80. The van der Waals surface area contributed by atoms with Crippen LogP contribution in [0.25, 0.3) is 0 Å². The van der Waals surface area contributed by atoms with E-state index in [1.165, 1.54) is 0 Å². The number of halogens is 2. The van der Waals surface area contributed by atoms with E-state index in [4.69, 9.17) is 23.2 Å². The van der Waals surface area contributed by atoms with Crippen molar-refractivity contribution in [3.05, 3.63) is 99.0 Å². The second kappa shape index (κ2) is 8.50. The summed E-state index contributed by atoms with van der Waals surface area (Å²) in [4.78, 5) is 27.2. The van der Waals surface area contributed by atoms with Gasteiger partial charge < -0.3 is 10.2 Å². The summed E-state index contributed by atoms with van der Waals surface area (Å²) in [6.07, 6.45) is 0.768. The van der Waals surface area contributed by atoms with E-state index in [2.05, 4.69) is 11.4 Å². The SMILES string of the molecule is CC(NC(=O)c1cccc(Cl)c1)c1ccc2c(c1)CCN2C(=O)c1cccc(Cl)c1. The second-order valence-corrected chi connectivity index (χ2v) is 8.18. The van der Waals surface area contributed by atoms with Gasteiger partial charge in [0, 0.05) is 33.4 Å². The molecule has 0 aliphatic carbocycles. The molecule has 6 heteroatoms. The number of carbonyl (C=O) groups is 2. The first-order valence-electron chi connectivity index (χ1n) is 9.69. The number of nitrogens with one attached hydrogen (secondary N) is 1. The molecule has 1 aliphatic rings. The molecule has 0 radical (unpaired) electrons. The third-order valence-corrected chi connectivity index (χ3v) is 5.72. The van der Waals surface area contributed by atoms with Crippen LogP contribution in [0.1, 0.15) is 44.8 Å². The van der Waals surface area contributed by atoms with Crippen LogP contribution in [0.5, 0.6) is 0 Å². The van der Waals surface area contributed by atoms with Crippen LogP contribution >= 0.6 is 23.2 Å². The Morgan fingerprint density at radius 1 is 0.933 bits per heavy atom. The molecule has 1 unspecified atom stereocenters. The van der Waals surface area contributed by atoms with Crippen molar-refractivity contribution < 1.29 is 9.59 Å². The van der Waals surface area contributed by atoms with Gasteiger partial charge in [0.1, 0.15) is 0 Å². The van der Waals surface area contributed by atoms with Crippen molar-refractivity contribution in [2.24, 2.45) is 0 Å². The minimum Gasteiger partial charge on any atom is -0.346 e. The third-order valence-electron chi connectivity index (χ3n) is 5.25. The molecule has 0 saturated heterocycles. The molecule has 1 N–H and O–H groups in total. The Labute approximate surface area is 185 Å². The van der Waals surface area contributed by atoms with Crippen LogP contribution in [0.2, 0.25) is 10.0 Å². The highest BCUT2D eigenvalue weighted by Crippen LogP contribution is 2.32. The lowest BCUT2D eigenvalue weighted by atomic mass is 10.0. The second-order valence-electron chi connectivity index (χ2n) is 7.31. The molecule has 0 spiro atoms. The van der Waals surface area contributed by atoms with Crippen molar-refractivity contribution in [3.8, 4) is 0 Å². The number of benzene rings is 3. The van der Waals surface area contributed by atoms with E-state index in [0.29, 0.717) is 27.7 Å². The highest BCUT2D eigenvalue weighted by atomic mass is 35.5. The molecule has 30 heavy (non-hydrogen) atoms. The lowest BCUT2D eigenvalue weighted by Crippen LogP contribution is -2.29. The van der Waals surface area contributed by atoms with Gasteiger partial charge >= 0.3 is 0 Å². The van der Waals surface area contributed by atoms with Gasteiger partial charge in [-0.1, -0.05) is 47.5 Å². The van der Waals surface area contributed by atoms with Crippen LogP contribution < -0.4 is 10.2 Å². The van der Waals surface area contributed by atoms with E-state index in [1.54, 1.807) is 53.4 Å². The minimum atomic E-state index is -0.181. The number of anilines is 1. The molecular weight excluding hydrogens is 419 g/mol. The monoisotopic (exact) mass is 438 g/mol. The van der Waals surface area contributed by atoms with Crippen molar-refractivity contribution >= 4 is 40.7 Å². The van der Waals surface area contributed by atoms with Gasteiger partial charge in [-0.2, -0.15) is 0 Å². The third kappa shape index (κ3) is 4.20. The highest BCUT2D eigenvalue weighted by Gasteiger charge is 2.26. The quantitative estimate of drug-likeness (QED) is 0.568. The fraction of sp³-hybridized carbons (Fsp3) is 0.167. The molecule has 152 valence electrons. The molecule has 1 atom stereocenters. The lowest BCUT2D eigenvalue weighted by molar-refractivity contribution is 0.0938. The summed E-state index contributed by atoms with van der Waals surface area (Å²) >= 11 is 12.0. The first kappa shape index (κ1) is 20.5. The van der Waals surface area contributed by atoms with Gasteiger partial charge in [-0.15, -0.1) is 0 Å². The Hall–Kier alpha value is -2.82. The van der Waals surface area contributed by atoms with Crippen molar-refractivity contribution in [1.82, 2.24) is 5.32 Å². The minimum absolute atomic E-state index is 0.0636. The Balaban J connectivity index is 1.50. The number of rotatable bonds is 4. The summed E-state index contributed by atoms with van der Waals surface area (Å²) < 4.78 is 0. The highest BCUT2D eigenvalue weighted by molar-refractivity contribution is 6.31. The summed E-state index contributed by atoms with van der Waals surface area (Å²) in [7, 11) is 0. The number of nitrogens with zero attached hydrogens (tertiary/aromatic N) is 1. The fourth-order valence-corrected chi connectivity index (χ4v) is 4.05. The van der Waals surface area contributed by atoms with Crippen LogP contribution in [-0.2, 0) is 6.42 Å². The molecule has 4 nitrogen and oxygen atoms in total. The van der Waals surface area contributed by atoms with Gasteiger partial charge in [-0.25, -0.2) is 0 Å². The lowest BCUT2D eigenvalue weighted by Gasteiger charge is -2.19. The van der Waals surface area contributed by atoms with E-state index in [-0.39, 0.29) is 17.9 Å². The molecular formula is C24H20Cl2N2O2. The number of fused-ring (bicyclic) bond motifs is 1. The molecule has 1 heterocycles. The Bertz CT molecular complexity index is 1130. The van der Waals surface area contributed by atoms with Crippen molar-refractivity contribution in [3.63, 3.8) is 0 Å². The van der Waals surface area contributed by atoms with Gasteiger partial charge in [-0.3, -0.25) is 9.59 Å². The predicted octanol–water partition coefficient (Wildman–Crippen LogP) is 5.69. The van der Waals surface area contributed by atoms with Crippen molar-refractivity contribution in [1.29, 1.82) is 0 Å². The summed E-state index contributed by atoms with van der Waals surface area (Å²) in [5.41, 5.74) is 4.07. The average Bonchev–Trinajstić information content (AvgIpc) is 3.16. The van der Waals surface area contributed by atoms with Crippen LogP contribution in [0.15, 0.2) is 66.7 Å². The average molecular weight is 439 g/mol. The van der Waals surface area contributed by atoms with Gasteiger partial charge in [0.05, 0.1) is 6.04 Å². The first-order chi connectivity index (χ1) is 14.4. The number of hydrogen-bond donors (Lipinski definition) is 1. The summed E-state index contributed by atoms with van der Waals surface area (Å²) in [6.45, 7) is 2.56. The molecule has 0 fully saturated rings. The molecule has 0 saturated carbocycles. The van der Waals surface area contributed by atoms with Crippen LogP contribution in [-0.4, -0.2) is 18.4 Å². The zero-order valence-corrected chi connectivity index (χ0v) is 17.9. The standard InChI is InChI=1S/C24H20Cl2N2O2/c1-15(27-23(29)18-4-2-6-20(25)13-18)16-8-9-22-17(12-16)10-11-28(22)24(30)19-5-3-7-21(26)14-19/h2-9,12-15H,10-11H2,1H3,(H,27,29). The van der Waals surface area contributed by atoms with Gasteiger partial charge in [0.15, 0.2) is 0 Å². The maximum absolute atomic E-state index is 12.9. The molecule has 4 rings (SSSR count). The molecule has 3 aromatic rings. The van der Waals surface area contributed by atoms with E-state index < -0.39 is 0 Å². The van der Waals surface area contributed by atoms with Crippen molar-refractivity contribution in [2.45, 2.75) is 19.4 Å². The topological polar surface area (TPSA) is 49.4 Å². The van der Waals surface area contributed by atoms with Gasteiger partial charge in [-0.05, 0) is 66.9 Å². The number of carbonyl (C=O) groups excluding carboxylic acids is 2. The summed E-state index contributed by atoms with van der Waals surface area (Å²) in [5, 5.41) is 4.07. The molecule has 3 aromatic carbocycles. The molecule has 1 aliphatic heterocycles. The van der Waals surface area contributed by atoms with Crippen LogP contribution in [0.3, 0.4) is 0 Å². The zero-order chi connectivity index (χ0) is 21.3. The maximum Gasteiger partial charge on any atom is 0.258 e. The van der Waals surface area contributed by atoms with Gasteiger partial charge in [0.25, 0.3) is 11.8 Å². The maximum atomic E-state index is 12.9. The molecule has 0 bridgehead atoms. The van der Waals surface area contributed by atoms with E-state index in [0.717, 1.165) is 23.2 Å². The van der Waals surface area contributed by atoms with Crippen LogP contribution in [0.4, 0.5) is 5.69 Å². The van der Waals surface area contributed by atoms with E-state index in [9.17, 15) is 9.59 Å². The first-order valence-corrected chi connectivity index (χ1v) is 10.4. The van der Waals surface area contributed by atoms with E-state index >= 15 is 0 Å². The Morgan fingerprint density at radius 3 is 2.30 bits per heavy atom. The smallest absolute Gasteiger partial charge is 0.258 e. The molecule has 2 amide bonds. The number of amides is 2. The fourth-order valence-electron chi connectivity index (χ4n) is 3.67. The Morgan fingerprint density at radius 2 is 1.60 bits per heavy atom. The number of hydrogen-bond acceptors (Lipinski definition) is 2. The summed E-state index contributed by atoms with van der Waals surface area (Å²) in [6, 6.07) is 19.6. The zero-order valence-electron chi connectivity index (χ0n) is 16.4. The van der Waals surface area contributed by atoms with Gasteiger partial charge in [0.2, 0.25) is 0 Å². The normalized spacial score (nSPS) is 13.6. The van der Waals surface area contributed by atoms with E-state index in [1.807, 2.05) is 19.1 Å².